The van der Waals surface area contributed by atoms with Gasteiger partial charge in [0.25, 0.3) is 0 Å². The first-order valence-corrected chi connectivity index (χ1v) is 7.58. The zero-order valence-electron chi connectivity index (χ0n) is 10.3. The fourth-order valence-corrected chi connectivity index (χ4v) is 2.73. The van der Waals surface area contributed by atoms with Crippen LogP contribution in [0.4, 0.5) is 0 Å². The van der Waals surface area contributed by atoms with Crippen LogP contribution in [-0.4, -0.2) is 12.9 Å². The van der Waals surface area contributed by atoms with Gasteiger partial charge < -0.3 is 4.74 Å². The second-order valence-corrected chi connectivity index (χ2v) is 6.18. The largest absolute Gasteiger partial charge is 0.497 e. The molecule has 0 unspecified atom stereocenters. The summed E-state index contributed by atoms with van der Waals surface area (Å²) in [6, 6.07) is 13.4. The molecule has 0 saturated heterocycles. The van der Waals surface area contributed by atoms with Crippen LogP contribution in [0.5, 0.6) is 5.75 Å². The van der Waals surface area contributed by atoms with Gasteiger partial charge in [0.05, 0.1) is 7.11 Å². The van der Waals surface area contributed by atoms with Gasteiger partial charge in [-0.15, -0.1) is 0 Å². The molecule has 0 aliphatic carbocycles. The van der Waals surface area contributed by atoms with Crippen molar-refractivity contribution in [1.29, 1.82) is 0 Å². The Morgan fingerprint density at radius 3 is 2.79 bits per heavy atom. The molecule has 0 saturated carbocycles. The quantitative estimate of drug-likeness (QED) is 0.527. The van der Waals surface area contributed by atoms with Gasteiger partial charge in [-0.3, -0.25) is 4.79 Å². The molecule has 0 spiro atoms. The van der Waals surface area contributed by atoms with Gasteiger partial charge in [0, 0.05) is 20.0 Å². The van der Waals surface area contributed by atoms with E-state index in [1.165, 1.54) is 0 Å². The first-order chi connectivity index (χ1) is 9.10. The highest BCUT2D eigenvalue weighted by Gasteiger charge is 2.11. The summed E-state index contributed by atoms with van der Waals surface area (Å²) in [6.07, 6.45) is 0.371. The van der Waals surface area contributed by atoms with Crippen LogP contribution in [0.15, 0.2) is 46.9 Å². The molecule has 0 bridgehead atoms. The number of hydrogen-bond donors (Lipinski definition) is 0. The van der Waals surface area contributed by atoms with E-state index in [4.69, 9.17) is 4.74 Å². The van der Waals surface area contributed by atoms with Gasteiger partial charge in [-0.2, -0.15) is 0 Å². The van der Waals surface area contributed by atoms with Crippen LogP contribution in [0, 0.1) is 3.57 Å². The Kier molecular flexibility index (Phi) is 4.99. The Morgan fingerprint density at radius 1 is 1.26 bits per heavy atom. The topological polar surface area (TPSA) is 26.3 Å². The number of rotatable bonds is 4. The molecule has 0 aromatic heterocycles. The molecule has 0 amide bonds. The summed E-state index contributed by atoms with van der Waals surface area (Å²) in [5.41, 5.74) is 1.67. The first-order valence-electron chi connectivity index (χ1n) is 5.71. The van der Waals surface area contributed by atoms with E-state index in [-0.39, 0.29) is 5.78 Å². The van der Waals surface area contributed by atoms with Crippen molar-refractivity contribution in [2.24, 2.45) is 0 Å². The van der Waals surface area contributed by atoms with Crippen molar-refractivity contribution in [3.05, 3.63) is 61.6 Å². The SMILES string of the molecule is COc1cccc(CC(=O)c2cc(I)ccc2Br)c1. The van der Waals surface area contributed by atoms with Crippen molar-refractivity contribution in [2.75, 3.05) is 7.11 Å². The monoisotopic (exact) mass is 430 g/mol. The minimum Gasteiger partial charge on any atom is -0.497 e. The summed E-state index contributed by atoms with van der Waals surface area (Å²) < 4.78 is 7.05. The highest BCUT2D eigenvalue weighted by atomic mass is 127. The van der Waals surface area contributed by atoms with Crippen molar-refractivity contribution >= 4 is 44.3 Å². The maximum atomic E-state index is 12.3. The average Bonchev–Trinajstić information content (AvgIpc) is 2.41. The minimum atomic E-state index is 0.0960. The van der Waals surface area contributed by atoms with E-state index >= 15 is 0 Å². The molecule has 0 fully saturated rings. The average molecular weight is 431 g/mol. The zero-order chi connectivity index (χ0) is 13.8. The number of benzene rings is 2. The van der Waals surface area contributed by atoms with Crippen LogP contribution in [0.3, 0.4) is 0 Å². The molecular formula is C15H12BrIO2. The summed E-state index contributed by atoms with van der Waals surface area (Å²) in [5.74, 6) is 0.866. The molecule has 0 aliphatic rings. The highest BCUT2D eigenvalue weighted by molar-refractivity contribution is 14.1. The Balaban J connectivity index is 2.23. The molecule has 2 aromatic carbocycles. The molecule has 2 nitrogen and oxygen atoms in total. The van der Waals surface area contributed by atoms with Gasteiger partial charge in [0.15, 0.2) is 5.78 Å². The van der Waals surface area contributed by atoms with Crippen molar-refractivity contribution in [3.63, 3.8) is 0 Å². The third kappa shape index (κ3) is 3.79. The van der Waals surface area contributed by atoms with Crippen molar-refractivity contribution in [2.45, 2.75) is 6.42 Å². The summed E-state index contributed by atoms with van der Waals surface area (Å²) in [6.45, 7) is 0. The number of Topliss-reactive ketones (excluding diaryl/α,β-unsaturated/α-hetero) is 1. The summed E-state index contributed by atoms with van der Waals surface area (Å²) in [4.78, 5) is 12.3. The van der Waals surface area contributed by atoms with Crippen LogP contribution in [0.2, 0.25) is 0 Å². The summed E-state index contributed by atoms with van der Waals surface area (Å²) in [5, 5.41) is 0. The van der Waals surface area contributed by atoms with Crippen LogP contribution >= 0.6 is 38.5 Å². The first kappa shape index (κ1) is 14.5. The van der Waals surface area contributed by atoms with Crippen LogP contribution < -0.4 is 4.74 Å². The molecule has 0 N–H and O–H groups in total. The zero-order valence-corrected chi connectivity index (χ0v) is 14.1. The molecule has 19 heavy (non-hydrogen) atoms. The Morgan fingerprint density at radius 2 is 2.05 bits per heavy atom. The number of hydrogen-bond acceptors (Lipinski definition) is 2. The van der Waals surface area contributed by atoms with Gasteiger partial charge in [-0.1, -0.05) is 28.1 Å². The van der Waals surface area contributed by atoms with E-state index in [0.29, 0.717) is 6.42 Å². The molecule has 0 aliphatic heterocycles. The van der Waals surface area contributed by atoms with E-state index < -0.39 is 0 Å². The normalized spacial score (nSPS) is 10.3. The van der Waals surface area contributed by atoms with Crippen molar-refractivity contribution in [1.82, 2.24) is 0 Å². The van der Waals surface area contributed by atoms with E-state index in [1.807, 2.05) is 42.5 Å². The van der Waals surface area contributed by atoms with E-state index in [1.54, 1.807) is 7.11 Å². The number of carbonyl (C=O) groups is 1. The number of ketones is 1. The Bertz CT molecular complexity index is 611. The Labute approximate surface area is 134 Å². The standard InChI is InChI=1S/C15H12BrIO2/c1-19-12-4-2-3-10(7-12)8-15(18)13-9-11(17)5-6-14(13)16/h2-7,9H,8H2,1H3. The Hall–Kier alpha value is -0.880. The number of ether oxygens (including phenoxy) is 1. The van der Waals surface area contributed by atoms with Gasteiger partial charge in [0.1, 0.15) is 5.75 Å². The van der Waals surface area contributed by atoms with Crippen molar-refractivity contribution < 1.29 is 9.53 Å². The number of halogens is 2. The molecule has 0 atom stereocenters. The maximum absolute atomic E-state index is 12.3. The lowest BCUT2D eigenvalue weighted by atomic mass is 10.0. The fraction of sp³-hybridized carbons (Fsp3) is 0.133. The highest BCUT2D eigenvalue weighted by Crippen LogP contribution is 2.22. The molecule has 0 radical (unpaired) electrons. The molecule has 4 heteroatoms. The second-order valence-electron chi connectivity index (χ2n) is 4.08. The minimum absolute atomic E-state index is 0.0960. The molecule has 0 heterocycles. The predicted molar refractivity (Wildman–Crippen MR) is 87.9 cm³/mol. The predicted octanol–water partition coefficient (Wildman–Crippen LogP) is 4.49. The van der Waals surface area contributed by atoms with E-state index in [9.17, 15) is 4.79 Å². The number of carbonyl (C=O) groups excluding carboxylic acids is 1. The molecular weight excluding hydrogens is 419 g/mol. The third-order valence-corrected chi connectivity index (χ3v) is 4.09. The van der Waals surface area contributed by atoms with Gasteiger partial charge in [-0.25, -0.2) is 0 Å². The van der Waals surface area contributed by atoms with Gasteiger partial charge in [0.2, 0.25) is 0 Å². The molecule has 98 valence electrons. The van der Waals surface area contributed by atoms with Gasteiger partial charge in [-0.05, 0) is 58.5 Å². The van der Waals surface area contributed by atoms with Crippen LogP contribution in [-0.2, 0) is 6.42 Å². The third-order valence-electron chi connectivity index (χ3n) is 2.73. The van der Waals surface area contributed by atoms with Crippen LogP contribution in [0.25, 0.3) is 0 Å². The fourth-order valence-electron chi connectivity index (χ4n) is 1.77. The molecule has 2 aromatic rings. The summed E-state index contributed by atoms with van der Waals surface area (Å²) in [7, 11) is 1.62. The smallest absolute Gasteiger partial charge is 0.168 e. The summed E-state index contributed by atoms with van der Waals surface area (Å²) >= 11 is 5.63. The lowest BCUT2D eigenvalue weighted by Gasteiger charge is -2.06. The second kappa shape index (κ2) is 6.52. The lowest BCUT2D eigenvalue weighted by Crippen LogP contribution is -2.05. The number of methoxy groups -OCH3 is 1. The lowest BCUT2D eigenvalue weighted by molar-refractivity contribution is 0.0992. The van der Waals surface area contributed by atoms with E-state index in [0.717, 1.165) is 24.9 Å². The van der Waals surface area contributed by atoms with E-state index in [2.05, 4.69) is 38.5 Å². The maximum Gasteiger partial charge on any atom is 0.168 e. The molecule has 2 rings (SSSR count). The van der Waals surface area contributed by atoms with Crippen molar-refractivity contribution in [3.8, 4) is 5.75 Å². The van der Waals surface area contributed by atoms with Gasteiger partial charge >= 0.3 is 0 Å². The van der Waals surface area contributed by atoms with Crippen LogP contribution in [0.1, 0.15) is 15.9 Å².